The average molecular weight is 636 g/mol. The number of Topliss-reactive ketones (excluding diaryl/α,β-unsaturated/α-hetero) is 1. The highest BCUT2D eigenvalue weighted by atomic mass is 32.2. The van der Waals surface area contributed by atoms with E-state index in [-0.39, 0.29) is 30.2 Å². The Kier molecular flexibility index (Phi) is 11.7. The first-order chi connectivity index (χ1) is 19.9. The van der Waals surface area contributed by atoms with Crippen molar-refractivity contribution >= 4 is 69.4 Å². The second-order valence-electron chi connectivity index (χ2n) is 9.41. The maximum absolute atomic E-state index is 14.0. The number of hydrogen-bond donors (Lipinski definition) is 4. The Labute approximate surface area is 254 Å². The molecule has 12 nitrogen and oxygen atoms in total. The highest BCUT2D eigenvalue weighted by molar-refractivity contribution is 7.98. The molecule has 0 saturated heterocycles. The Bertz CT molecular complexity index is 1450. The predicted molar refractivity (Wildman–Crippen MR) is 166 cm³/mol. The number of thiol groups is 1. The quantitative estimate of drug-likeness (QED) is 0.215. The van der Waals surface area contributed by atoms with Crippen molar-refractivity contribution in [1.82, 2.24) is 9.62 Å². The number of carboxylic acids is 1. The largest absolute Gasteiger partial charge is 0.480 e. The van der Waals surface area contributed by atoms with Crippen LogP contribution in [0.5, 0.6) is 0 Å². The topological polar surface area (TPSA) is 180 Å². The molecule has 2 aromatic rings. The molecule has 0 aliphatic carbocycles. The lowest BCUT2D eigenvalue weighted by molar-refractivity contribution is -0.145. The summed E-state index contributed by atoms with van der Waals surface area (Å²) in [7, 11) is -4.35. The third kappa shape index (κ3) is 7.98. The number of benzodiazepines with no additional fused rings is 1. The normalized spacial score (nSPS) is 16.6. The molecule has 226 valence electrons. The first-order valence-corrected chi connectivity index (χ1v) is 16.7. The number of ketones is 1. The molecule has 42 heavy (non-hydrogen) atoms. The smallest absolute Gasteiger partial charge is 0.327 e. The van der Waals surface area contributed by atoms with Gasteiger partial charge in [-0.3, -0.25) is 29.6 Å². The van der Waals surface area contributed by atoms with E-state index in [0.29, 0.717) is 21.1 Å². The number of aliphatic carboxylic acids is 1. The monoisotopic (exact) mass is 635 g/mol. The summed E-state index contributed by atoms with van der Waals surface area (Å²) in [5.74, 6) is -3.39. The van der Waals surface area contributed by atoms with Crippen LogP contribution in [-0.4, -0.2) is 102 Å². The maximum Gasteiger partial charge on any atom is 0.327 e. The SMILES string of the molecule is CSCCC(C(=O)O)N(C(=O)CN1C(=O)C(NCC(=O)C(N)CS)N=C(c2ccccc2)c2ccccc21)S(C)(=O)=O. The number of fused-ring (bicyclic) bond motifs is 1. The molecular formula is C27H33N5O7S3. The highest BCUT2D eigenvalue weighted by Crippen LogP contribution is 2.29. The Balaban J connectivity index is 2.11. The summed E-state index contributed by atoms with van der Waals surface area (Å²) < 4.78 is 25.8. The van der Waals surface area contributed by atoms with Gasteiger partial charge in [-0.1, -0.05) is 48.5 Å². The number of carbonyl (C=O) groups excluding carboxylic acids is 3. The van der Waals surface area contributed by atoms with Crippen molar-refractivity contribution in [3.63, 3.8) is 0 Å². The highest BCUT2D eigenvalue weighted by Gasteiger charge is 2.40. The summed E-state index contributed by atoms with van der Waals surface area (Å²) in [6, 6.07) is 13.1. The van der Waals surface area contributed by atoms with E-state index in [0.717, 1.165) is 11.2 Å². The van der Waals surface area contributed by atoms with Crippen molar-refractivity contribution in [2.45, 2.75) is 24.7 Å². The fourth-order valence-corrected chi connectivity index (χ4v) is 6.10. The van der Waals surface area contributed by atoms with Gasteiger partial charge in [0, 0.05) is 16.9 Å². The summed E-state index contributed by atoms with van der Waals surface area (Å²) in [6.45, 7) is -1.13. The zero-order valence-corrected chi connectivity index (χ0v) is 25.6. The molecule has 3 rings (SSSR count). The second kappa shape index (κ2) is 14.8. The number of carbonyl (C=O) groups is 4. The van der Waals surface area contributed by atoms with Gasteiger partial charge in [-0.2, -0.15) is 24.4 Å². The van der Waals surface area contributed by atoms with Gasteiger partial charge in [-0.25, -0.2) is 17.5 Å². The van der Waals surface area contributed by atoms with E-state index in [2.05, 4.69) is 22.9 Å². The molecule has 1 aliphatic heterocycles. The number of nitrogens with one attached hydrogen (secondary N) is 1. The van der Waals surface area contributed by atoms with Gasteiger partial charge in [0.1, 0.15) is 12.6 Å². The summed E-state index contributed by atoms with van der Waals surface area (Å²) >= 11 is 5.34. The van der Waals surface area contributed by atoms with Crippen LogP contribution in [0.1, 0.15) is 17.5 Å². The van der Waals surface area contributed by atoms with E-state index in [9.17, 15) is 32.7 Å². The van der Waals surface area contributed by atoms with Crippen LogP contribution in [0.2, 0.25) is 0 Å². The van der Waals surface area contributed by atoms with Crippen LogP contribution in [0.4, 0.5) is 5.69 Å². The van der Waals surface area contributed by atoms with Crippen molar-refractivity contribution in [2.24, 2.45) is 10.7 Å². The van der Waals surface area contributed by atoms with E-state index in [1.807, 2.05) is 6.07 Å². The number of sulfonamides is 1. The van der Waals surface area contributed by atoms with E-state index in [4.69, 9.17) is 5.73 Å². The molecule has 2 amide bonds. The second-order valence-corrected chi connectivity index (χ2v) is 12.6. The fraction of sp³-hybridized carbons (Fsp3) is 0.370. The van der Waals surface area contributed by atoms with Crippen molar-refractivity contribution in [1.29, 1.82) is 0 Å². The molecule has 4 N–H and O–H groups in total. The van der Waals surface area contributed by atoms with Crippen LogP contribution in [-0.2, 0) is 29.2 Å². The van der Waals surface area contributed by atoms with Crippen LogP contribution in [0.25, 0.3) is 0 Å². The molecule has 0 saturated carbocycles. The van der Waals surface area contributed by atoms with E-state index in [1.165, 1.54) is 11.8 Å². The predicted octanol–water partition coefficient (Wildman–Crippen LogP) is 0.607. The first kappa shape index (κ1) is 33.3. The van der Waals surface area contributed by atoms with Gasteiger partial charge in [0.15, 0.2) is 11.9 Å². The molecule has 0 radical (unpaired) electrons. The molecule has 1 aliphatic rings. The lowest BCUT2D eigenvalue weighted by atomic mass is 10.0. The van der Waals surface area contributed by atoms with Gasteiger partial charge in [0.05, 0.1) is 30.2 Å². The minimum absolute atomic E-state index is 0.0896. The average Bonchev–Trinajstić information content (AvgIpc) is 3.07. The van der Waals surface area contributed by atoms with Crippen LogP contribution < -0.4 is 16.0 Å². The molecule has 0 aromatic heterocycles. The van der Waals surface area contributed by atoms with Crippen molar-refractivity contribution in [2.75, 3.05) is 42.0 Å². The molecule has 2 aromatic carbocycles. The van der Waals surface area contributed by atoms with Gasteiger partial charge < -0.3 is 10.8 Å². The number of hydrogen-bond acceptors (Lipinski definition) is 11. The number of anilines is 1. The zero-order valence-electron chi connectivity index (χ0n) is 23.0. The van der Waals surface area contributed by atoms with Crippen molar-refractivity contribution < 1.29 is 32.7 Å². The van der Waals surface area contributed by atoms with Crippen LogP contribution in [0.3, 0.4) is 0 Å². The molecule has 1 heterocycles. The maximum atomic E-state index is 14.0. The molecule has 3 unspecified atom stereocenters. The number of para-hydroxylation sites is 1. The van der Waals surface area contributed by atoms with E-state index < -0.39 is 58.4 Å². The number of thioether (sulfide) groups is 1. The van der Waals surface area contributed by atoms with Crippen LogP contribution >= 0.6 is 24.4 Å². The van der Waals surface area contributed by atoms with E-state index in [1.54, 1.807) is 54.8 Å². The number of amides is 2. The third-order valence-corrected chi connectivity index (χ3v) is 8.61. The Hall–Kier alpha value is -3.24. The lowest BCUT2D eigenvalue weighted by Crippen LogP contribution is -2.55. The first-order valence-electron chi connectivity index (χ1n) is 12.8. The lowest BCUT2D eigenvalue weighted by Gasteiger charge is -2.30. The molecular weight excluding hydrogens is 603 g/mol. The summed E-state index contributed by atoms with van der Waals surface area (Å²) in [5.41, 5.74) is 7.55. The van der Waals surface area contributed by atoms with Gasteiger partial charge in [-0.15, -0.1) is 0 Å². The third-order valence-electron chi connectivity index (χ3n) is 6.40. The number of nitrogens with two attached hydrogens (primary N) is 1. The summed E-state index contributed by atoms with van der Waals surface area (Å²) in [5, 5.41) is 12.6. The minimum Gasteiger partial charge on any atom is -0.480 e. The summed E-state index contributed by atoms with van der Waals surface area (Å²) in [4.78, 5) is 57.8. The summed E-state index contributed by atoms with van der Waals surface area (Å²) in [6.07, 6.45) is 0.979. The Morgan fingerprint density at radius 1 is 1.17 bits per heavy atom. The number of benzene rings is 2. The molecule has 3 atom stereocenters. The number of rotatable bonds is 14. The molecule has 0 fully saturated rings. The molecule has 0 bridgehead atoms. The van der Waals surface area contributed by atoms with Gasteiger partial charge in [0.25, 0.3) is 11.8 Å². The van der Waals surface area contributed by atoms with E-state index >= 15 is 0 Å². The number of nitrogens with zero attached hydrogens (tertiary/aromatic N) is 3. The molecule has 15 heteroatoms. The van der Waals surface area contributed by atoms with Gasteiger partial charge >= 0.3 is 5.97 Å². The van der Waals surface area contributed by atoms with Crippen LogP contribution in [0, 0.1) is 0 Å². The van der Waals surface area contributed by atoms with Gasteiger partial charge in [-0.05, 0) is 24.5 Å². The van der Waals surface area contributed by atoms with Crippen LogP contribution in [0.15, 0.2) is 59.6 Å². The number of carboxylic acid groups (broad SMARTS) is 1. The fourth-order valence-electron chi connectivity index (χ4n) is 4.35. The zero-order chi connectivity index (χ0) is 31.0. The van der Waals surface area contributed by atoms with Crippen molar-refractivity contribution in [3.05, 3.63) is 65.7 Å². The molecule has 0 spiro atoms. The van der Waals surface area contributed by atoms with Crippen molar-refractivity contribution in [3.8, 4) is 0 Å². The van der Waals surface area contributed by atoms with Gasteiger partial charge in [0.2, 0.25) is 10.0 Å². The Morgan fingerprint density at radius 2 is 1.81 bits per heavy atom. The number of aliphatic imine (C=N–C) groups is 1. The minimum atomic E-state index is -4.35. The Morgan fingerprint density at radius 3 is 2.40 bits per heavy atom. The standard InChI is InChI=1S/C27H33N5O7S3/c1-41-13-12-21(27(36)37)32(42(2,38)39)23(34)15-31-20-11-7-6-10-18(20)24(17-8-4-3-5-9-17)30-25(26(31)35)29-14-22(33)19(28)16-40/h3-11,19,21,25,29,40H,12-16,28H2,1-2H3,(H,36,37).